The molecule has 0 bridgehead atoms. The predicted molar refractivity (Wildman–Crippen MR) is 162 cm³/mol. The van der Waals surface area contributed by atoms with E-state index < -0.39 is 28.5 Å². The maximum Gasteiger partial charge on any atom is 0.264 e. The summed E-state index contributed by atoms with van der Waals surface area (Å²) in [7, 11) is -1.28. The van der Waals surface area contributed by atoms with Gasteiger partial charge in [-0.3, -0.25) is 13.9 Å². The molecule has 0 heterocycles. The lowest BCUT2D eigenvalue weighted by molar-refractivity contribution is -0.139. The summed E-state index contributed by atoms with van der Waals surface area (Å²) in [6, 6.07) is 18.7. The molecule has 1 saturated carbocycles. The number of carbonyl (C=O) groups excluding carboxylic acids is 2. The molecule has 3 aromatic rings. The van der Waals surface area contributed by atoms with Crippen molar-refractivity contribution in [3.05, 3.63) is 83.4 Å². The van der Waals surface area contributed by atoms with Gasteiger partial charge in [0.05, 0.1) is 24.8 Å². The first-order valence-electron chi connectivity index (χ1n) is 13.8. The summed E-state index contributed by atoms with van der Waals surface area (Å²) < 4.78 is 39.7. The number of methoxy groups -OCH3 is 2. The summed E-state index contributed by atoms with van der Waals surface area (Å²) in [4.78, 5) is 28.9. The van der Waals surface area contributed by atoms with Crippen LogP contribution in [0, 0.1) is 0 Å². The van der Waals surface area contributed by atoms with Crippen molar-refractivity contribution in [3.63, 3.8) is 0 Å². The highest BCUT2D eigenvalue weighted by Gasteiger charge is 2.34. The van der Waals surface area contributed by atoms with Gasteiger partial charge in [-0.15, -0.1) is 0 Å². The standard InChI is InChI=1S/C31H36ClN3O6S/c1-22(31(37)33-25-9-7-8-10-25)34(20-23-13-16-26(40-2)17-14-23)30(36)21-35(28-19-24(32)15-18-29(28)41-3)42(38,39)27-11-5-4-6-12-27/h4-6,11-19,22,25H,7-10,20-21H2,1-3H3,(H,33,37)/t22-/m1/s1. The van der Waals surface area contributed by atoms with Gasteiger partial charge in [0, 0.05) is 17.6 Å². The second-order valence-electron chi connectivity index (χ2n) is 10.2. The van der Waals surface area contributed by atoms with Gasteiger partial charge in [-0.1, -0.05) is 54.8 Å². The number of anilines is 1. The molecule has 11 heteroatoms. The van der Waals surface area contributed by atoms with Gasteiger partial charge in [0.25, 0.3) is 10.0 Å². The topological polar surface area (TPSA) is 105 Å². The van der Waals surface area contributed by atoms with Crippen LogP contribution in [-0.4, -0.2) is 58.0 Å². The number of carbonyl (C=O) groups is 2. The Labute approximate surface area is 252 Å². The normalized spacial score (nSPS) is 14.2. The summed E-state index contributed by atoms with van der Waals surface area (Å²) >= 11 is 6.28. The van der Waals surface area contributed by atoms with Crippen molar-refractivity contribution in [2.75, 3.05) is 25.1 Å². The lowest BCUT2D eigenvalue weighted by Gasteiger charge is -2.33. The molecule has 0 aromatic heterocycles. The monoisotopic (exact) mass is 613 g/mol. The second-order valence-corrected chi connectivity index (χ2v) is 12.5. The van der Waals surface area contributed by atoms with Crippen molar-refractivity contribution in [1.29, 1.82) is 0 Å². The molecule has 3 aromatic carbocycles. The third kappa shape index (κ3) is 7.35. The number of sulfonamides is 1. The van der Waals surface area contributed by atoms with Crippen LogP contribution in [0.25, 0.3) is 0 Å². The Bertz CT molecular complexity index is 1480. The van der Waals surface area contributed by atoms with Crippen molar-refractivity contribution < 1.29 is 27.5 Å². The molecule has 1 atom stereocenters. The Balaban J connectivity index is 1.72. The first-order chi connectivity index (χ1) is 20.1. The highest BCUT2D eigenvalue weighted by atomic mass is 35.5. The van der Waals surface area contributed by atoms with Gasteiger partial charge in [-0.2, -0.15) is 0 Å². The van der Waals surface area contributed by atoms with Gasteiger partial charge >= 0.3 is 0 Å². The molecular formula is C31H36ClN3O6S. The minimum absolute atomic E-state index is 0.00596. The fourth-order valence-electron chi connectivity index (χ4n) is 4.99. The predicted octanol–water partition coefficient (Wildman–Crippen LogP) is 5.03. The van der Waals surface area contributed by atoms with E-state index in [1.54, 1.807) is 68.6 Å². The van der Waals surface area contributed by atoms with E-state index in [2.05, 4.69) is 5.32 Å². The Morgan fingerprint density at radius 2 is 1.64 bits per heavy atom. The minimum atomic E-state index is -4.25. The van der Waals surface area contributed by atoms with Gasteiger partial charge < -0.3 is 19.7 Å². The van der Waals surface area contributed by atoms with Crippen LogP contribution in [-0.2, 0) is 26.2 Å². The van der Waals surface area contributed by atoms with Crippen molar-refractivity contribution in [2.24, 2.45) is 0 Å². The van der Waals surface area contributed by atoms with Crippen LogP contribution in [0.3, 0.4) is 0 Å². The largest absolute Gasteiger partial charge is 0.497 e. The molecule has 1 fully saturated rings. The average Bonchev–Trinajstić information content (AvgIpc) is 3.52. The molecule has 1 N–H and O–H groups in total. The molecule has 2 amide bonds. The number of ether oxygens (including phenoxy) is 2. The maximum atomic E-state index is 14.1. The molecule has 0 unspecified atom stereocenters. The zero-order chi connectivity index (χ0) is 30.3. The average molecular weight is 614 g/mol. The Hall–Kier alpha value is -3.76. The number of hydrogen-bond donors (Lipinski definition) is 1. The Morgan fingerprint density at radius 1 is 0.976 bits per heavy atom. The fourth-order valence-corrected chi connectivity index (χ4v) is 6.60. The van der Waals surface area contributed by atoms with E-state index in [4.69, 9.17) is 21.1 Å². The van der Waals surface area contributed by atoms with E-state index in [-0.39, 0.29) is 39.8 Å². The number of nitrogens with zero attached hydrogens (tertiary/aromatic N) is 2. The number of amides is 2. The number of nitrogens with one attached hydrogen (secondary N) is 1. The minimum Gasteiger partial charge on any atom is -0.497 e. The van der Waals surface area contributed by atoms with Gasteiger partial charge in [0.2, 0.25) is 11.8 Å². The van der Waals surface area contributed by atoms with Crippen molar-refractivity contribution in [2.45, 2.75) is 56.1 Å². The second kappa shape index (κ2) is 13.9. The van der Waals surface area contributed by atoms with E-state index in [0.717, 1.165) is 35.6 Å². The number of hydrogen-bond acceptors (Lipinski definition) is 6. The summed E-state index contributed by atoms with van der Waals surface area (Å²) in [6.45, 7) is 1.14. The summed E-state index contributed by atoms with van der Waals surface area (Å²) in [5.41, 5.74) is 0.858. The number of benzene rings is 3. The van der Waals surface area contributed by atoms with Gasteiger partial charge in [-0.25, -0.2) is 8.42 Å². The molecule has 0 aliphatic heterocycles. The molecule has 42 heavy (non-hydrogen) atoms. The quantitative estimate of drug-likeness (QED) is 0.307. The van der Waals surface area contributed by atoms with Crippen LogP contribution in [0.15, 0.2) is 77.7 Å². The fraction of sp³-hybridized carbons (Fsp3) is 0.355. The highest BCUT2D eigenvalue weighted by Crippen LogP contribution is 2.35. The van der Waals surface area contributed by atoms with Crippen molar-refractivity contribution >= 4 is 39.1 Å². The van der Waals surface area contributed by atoms with E-state index >= 15 is 0 Å². The van der Waals surface area contributed by atoms with Crippen LogP contribution < -0.4 is 19.1 Å². The molecule has 1 aliphatic rings. The molecule has 0 saturated heterocycles. The number of rotatable bonds is 12. The van der Waals surface area contributed by atoms with Crippen LogP contribution >= 0.6 is 11.6 Å². The smallest absolute Gasteiger partial charge is 0.264 e. The van der Waals surface area contributed by atoms with Crippen LogP contribution in [0.4, 0.5) is 5.69 Å². The van der Waals surface area contributed by atoms with Crippen molar-refractivity contribution in [1.82, 2.24) is 10.2 Å². The molecular weight excluding hydrogens is 578 g/mol. The third-order valence-corrected chi connectivity index (χ3v) is 9.41. The van der Waals surface area contributed by atoms with E-state index in [0.29, 0.717) is 5.75 Å². The lowest BCUT2D eigenvalue weighted by Crippen LogP contribution is -2.52. The first kappa shape index (κ1) is 31.2. The number of halogens is 1. The molecule has 224 valence electrons. The maximum absolute atomic E-state index is 14.1. The molecule has 4 rings (SSSR count). The van der Waals surface area contributed by atoms with E-state index in [1.807, 2.05) is 0 Å². The summed E-state index contributed by atoms with van der Waals surface area (Å²) in [5, 5.41) is 3.33. The van der Waals surface area contributed by atoms with Gasteiger partial charge in [0.15, 0.2) is 0 Å². The molecule has 0 radical (unpaired) electrons. The van der Waals surface area contributed by atoms with Crippen LogP contribution in [0.5, 0.6) is 11.5 Å². The molecule has 9 nitrogen and oxygen atoms in total. The van der Waals surface area contributed by atoms with Crippen LogP contribution in [0.1, 0.15) is 38.2 Å². The Morgan fingerprint density at radius 3 is 2.26 bits per heavy atom. The summed E-state index contributed by atoms with van der Waals surface area (Å²) in [5.74, 6) is 0.0141. The SMILES string of the molecule is COc1ccc(CN(C(=O)CN(c2cc(Cl)ccc2OC)S(=O)(=O)c2ccccc2)[C@H](C)C(=O)NC2CCCC2)cc1. The Kier molecular flexibility index (Phi) is 10.3. The zero-order valence-corrected chi connectivity index (χ0v) is 25.5. The van der Waals surface area contributed by atoms with Gasteiger partial charge in [0.1, 0.15) is 24.1 Å². The van der Waals surface area contributed by atoms with E-state index in [9.17, 15) is 18.0 Å². The molecule has 0 spiro atoms. The highest BCUT2D eigenvalue weighted by molar-refractivity contribution is 7.92. The zero-order valence-electron chi connectivity index (χ0n) is 24.0. The summed E-state index contributed by atoms with van der Waals surface area (Å²) in [6.07, 6.45) is 3.87. The first-order valence-corrected chi connectivity index (χ1v) is 15.6. The lowest BCUT2D eigenvalue weighted by atomic mass is 10.1. The third-order valence-electron chi connectivity index (χ3n) is 7.40. The molecule has 1 aliphatic carbocycles. The van der Waals surface area contributed by atoms with Crippen molar-refractivity contribution in [3.8, 4) is 11.5 Å². The van der Waals surface area contributed by atoms with Gasteiger partial charge in [-0.05, 0) is 67.8 Å². The van der Waals surface area contributed by atoms with Crippen LogP contribution in [0.2, 0.25) is 5.02 Å². The van der Waals surface area contributed by atoms with E-state index in [1.165, 1.54) is 30.2 Å².